The lowest BCUT2D eigenvalue weighted by Crippen LogP contribution is -2.13. The molecule has 16 heavy (non-hydrogen) atoms. The highest BCUT2D eigenvalue weighted by molar-refractivity contribution is 6.00. The van der Waals surface area contributed by atoms with Crippen LogP contribution in [0.1, 0.15) is 20.3 Å². The van der Waals surface area contributed by atoms with Crippen LogP contribution >= 0.6 is 0 Å². The van der Waals surface area contributed by atoms with E-state index in [1.807, 2.05) is 32.0 Å². The quantitative estimate of drug-likeness (QED) is 0.830. The van der Waals surface area contributed by atoms with Gasteiger partial charge in [0.15, 0.2) is 0 Å². The second-order valence-corrected chi connectivity index (χ2v) is 4.28. The maximum atomic E-state index is 11.6. The third-order valence-electron chi connectivity index (χ3n) is 2.35. The van der Waals surface area contributed by atoms with Crippen molar-refractivity contribution in [3.8, 4) is 0 Å². The molecule has 1 aromatic heterocycles. The van der Waals surface area contributed by atoms with Crippen molar-refractivity contribution in [2.24, 2.45) is 5.92 Å². The molecule has 0 fully saturated rings. The number of benzene rings is 1. The minimum absolute atomic E-state index is 0.0451. The summed E-state index contributed by atoms with van der Waals surface area (Å²) in [7, 11) is 0. The van der Waals surface area contributed by atoms with Crippen molar-refractivity contribution in [2.75, 3.05) is 5.32 Å². The zero-order valence-corrected chi connectivity index (χ0v) is 9.45. The Morgan fingerprint density at radius 2 is 2.31 bits per heavy atom. The SMILES string of the molecule is CC(C)CC(=O)Nc1cccc2[nH]ncc12. The maximum Gasteiger partial charge on any atom is 0.224 e. The Hall–Kier alpha value is -1.84. The number of fused-ring (bicyclic) bond motifs is 1. The molecule has 0 saturated heterocycles. The van der Waals surface area contributed by atoms with Crippen molar-refractivity contribution < 1.29 is 4.79 Å². The van der Waals surface area contributed by atoms with E-state index >= 15 is 0 Å². The van der Waals surface area contributed by atoms with Gasteiger partial charge >= 0.3 is 0 Å². The van der Waals surface area contributed by atoms with E-state index in [1.165, 1.54) is 0 Å². The number of nitrogens with one attached hydrogen (secondary N) is 2. The highest BCUT2D eigenvalue weighted by Crippen LogP contribution is 2.21. The minimum Gasteiger partial charge on any atom is -0.325 e. The van der Waals surface area contributed by atoms with Crippen LogP contribution in [0.3, 0.4) is 0 Å². The van der Waals surface area contributed by atoms with Crippen LogP contribution in [0.2, 0.25) is 0 Å². The van der Waals surface area contributed by atoms with Crippen LogP contribution in [-0.2, 0) is 4.79 Å². The van der Waals surface area contributed by atoms with E-state index in [1.54, 1.807) is 6.20 Å². The Kier molecular flexibility index (Phi) is 2.90. The second-order valence-electron chi connectivity index (χ2n) is 4.28. The Labute approximate surface area is 94.0 Å². The number of carbonyl (C=O) groups is 1. The Balaban J connectivity index is 2.20. The van der Waals surface area contributed by atoms with Gasteiger partial charge < -0.3 is 5.32 Å². The van der Waals surface area contributed by atoms with Crippen molar-refractivity contribution in [1.82, 2.24) is 10.2 Å². The van der Waals surface area contributed by atoms with Crippen molar-refractivity contribution in [2.45, 2.75) is 20.3 Å². The first-order valence-corrected chi connectivity index (χ1v) is 5.39. The number of hydrogen-bond acceptors (Lipinski definition) is 2. The van der Waals surface area contributed by atoms with Crippen molar-refractivity contribution in [3.63, 3.8) is 0 Å². The molecule has 1 heterocycles. The molecule has 0 saturated carbocycles. The van der Waals surface area contributed by atoms with E-state index in [4.69, 9.17) is 0 Å². The molecule has 0 radical (unpaired) electrons. The Morgan fingerprint density at radius 3 is 3.06 bits per heavy atom. The molecule has 84 valence electrons. The number of amides is 1. The molecule has 2 N–H and O–H groups in total. The van der Waals surface area contributed by atoms with Crippen molar-refractivity contribution in [3.05, 3.63) is 24.4 Å². The molecule has 0 spiro atoms. The molecule has 0 unspecified atom stereocenters. The zero-order chi connectivity index (χ0) is 11.5. The van der Waals surface area contributed by atoms with Crippen LogP contribution in [0.25, 0.3) is 10.9 Å². The molecule has 0 atom stereocenters. The summed E-state index contributed by atoms with van der Waals surface area (Å²) in [5.74, 6) is 0.409. The summed E-state index contributed by atoms with van der Waals surface area (Å²) in [6.07, 6.45) is 2.26. The highest BCUT2D eigenvalue weighted by atomic mass is 16.1. The number of aromatic amines is 1. The third kappa shape index (κ3) is 2.21. The molecule has 0 aliphatic heterocycles. The normalized spacial score (nSPS) is 10.9. The molecule has 4 heteroatoms. The molecular formula is C12H15N3O. The first kappa shape index (κ1) is 10.7. The average Bonchev–Trinajstić information content (AvgIpc) is 2.65. The minimum atomic E-state index is 0.0451. The van der Waals surface area contributed by atoms with Crippen LogP contribution in [0.5, 0.6) is 0 Å². The van der Waals surface area contributed by atoms with E-state index in [0.717, 1.165) is 16.6 Å². The third-order valence-corrected chi connectivity index (χ3v) is 2.35. The van der Waals surface area contributed by atoms with E-state index < -0.39 is 0 Å². The summed E-state index contributed by atoms with van der Waals surface area (Å²) in [5.41, 5.74) is 1.75. The van der Waals surface area contributed by atoms with E-state index in [2.05, 4.69) is 15.5 Å². The largest absolute Gasteiger partial charge is 0.325 e. The Bertz CT molecular complexity index is 502. The van der Waals surface area contributed by atoms with Gasteiger partial charge in [0.05, 0.1) is 17.4 Å². The smallest absolute Gasteiger partial charge is 0.224 e. The lowest BCUT2D eigenvalue weighted by molar-refractivity contribution is -0.116. The van der Waals surface area contributed by atoms with Gasteiger partial charge in [-0.15, -0.1) is 0 Å². The number of nitrogens with zero attached hydrogens (tertiary/aromatic N) is 1. The summed E-state index contributed by atoms with van der Waals surface area (Å²) < 4.78 is 0. The van der Waals surface area contributed by atoms with Crippen LogP contribution < -0.4 is 5.32 Å². The van der Waals surface area contributed by atoms with Gasteiger partial charge in [-0.05, 0) is 18.1 Å². The topological polar surface area (TPSA) is 57.8 Å². The molecule has 4 nitrogen and oxygen atoms in total. The molecule has 0 aliphatic carbocycles. The monoisotopic (exact) mass is 217 g/mol. The van der Waals surface area contributed by atoms with Crippen molar-refractivity contribution in [1.29, 1.82) is 0 Å². The zero-order valence-electron chi connectivity index (χ0n) is 9.45. The van der Waals surface area contributed by atoms with Crippen LogP contribution in [-0.4, -0.2) is 16.1 Å². The van der Waals surface area contributed by atoms with Gasteiger partial charge in [0, 0.05) is 11.8 Å². The summed E-state index contributed by atoms with van der Waals surface area (Å²) in [6, 6.07) is 5.71. The fourth-order valence-electron chi connectivity index (χ4n) is 1.65. The van der Waals surface area contributed by atoms with Crippen LogP contribution in [0.4, 0.5) is 5.69 Å². The molecule has 1 aromatic carbocycles. The van der Waals surface area contributed by atoms with Gasteiger partial charge in [0.25, 0.3) is 0 Å². The molecule has 2 rings (SSSR count). The van der Waals surface area contributed by atoms with Gasteiger partial charge in [-0.3, -0.25) is 9.89 Å². The fraction of sp³-hybridized carbons (Fsp3) is 0.333. The van der Waals surface area contributed by atoms with Gasteiger partial charge in [-0.1, -0.05) is 19.9 Å². The van der Waals surface area contributed by atoms with Gasteiger partial charge in [0.1, 0.15) is 0 Å². The number of aromatic nitrogens is 2. The molecule has 1 amide bonds. The van der Waals surface area contributed by atoms with Crippen LogP contribution in [0.15, 0.2) is 24.4 Å². The number of H-pyrrole nitrogens is 1. The lowest BCUT2D eigenvalue weighted by Gasteiger charge is -2.07. The van der Waals surface area contributed by atoms with Gasteiger partial charge in [-0.25, -0.2) is 0 Å². The molecular weight excluding hydrogens is 202 g/mol. The summed E-state index contributed by atoms with van der Waals surface area (Å²) in [6.45, 7) is 4.05. The van der Waals surface area contributed by atoms with Crippen molar-refractivity contribution >= 4 is 22.5 Å². The predicted octanol–water partition coefficient (Wildman–Crippen LogP) is 2.55. The predicted molar refractivity (Wildman–Crippen MR) is 64.2 cm³/mol. The maximum absolute atomic E-state index is 11.6. The molecule has 2 aromatic rings. The molecule has 0 bridgehead atoms. The number of carbonyl (C=O) groups excluding carboxylic acids is 1. The first-order chi connectivity index (χ1) is 7.66. The highest BCUT2D eigenvalue weighted by Gasteiger charge is 2.08. The van der Waals surface area contributed by atoms with Gasteiger partial charge in [0.2, 0.25) is 5.91 Å². The average molecular weight is 217 g/mol. The lowest BCUT2D eigenvalue weighted by atomic mass is 10.1. The number of hydrogen-bond donors (Lipinski definition) is 2. The van der Waals surface area contributed by atoms with E-state index in [9.17, 15) is 4.79 Å². The second kappa shape index (κ2) is 4.35. The first-order valence-electron chi connectivity index (χ1n) is 5.39. The fourth-order valence-corrected chi connectivity index (χ4v) is 1.65. The summed E-state index contributed by atoms with van der Waals surface area (Å²) in [5, 5.41) is 10.7. The Morgan fingerprint density at radius 1 is 1.50 bits per heavy atom. The van der Waals surface area contributed by atoms with Crippen LogP contribution in [0, 0.1) is 5.92 Å². The molecule has 0 aliphatic rings. The van der Waals surface area contributed by atoms with E-state index in [-0.39, 0.29) is 5.91 Å². The summed E-state index contributed by atoms with van der Waals surface area (Å²) in [4.78, 5) is 11.6. The number of rotatable bonds is 3. The van der Waals surface area contributed by atoms with E-state index in [0.29, 0.717) is 12.3 Å². The van der Waals surface area contributed by atoms with Gasteiger partial charge in [-0.2, -0.15) is 5.10 Å². The summed E-state index contributed by atoms with van der Waals surface area (Å²) >= 11 is 0. The standard InChI is InChI=1S/C12H15N3O/c1-8(2)6-12(16)14-10-4-3-5-11-9(10)7-13-15-11/h3-5,7-8H,6H2,1-2H3,(H,13,15)(H,14,16). The number of anilines is 1.